The lowest BCUT2D eigenvalue weighted by atomic mass is 10.0. The lowest BCUT2D eigenvalue weighted by Crippen LogP contribution is -2.15. The van der Waals surface area contributed by atoms with Gasteiger partial charge < -0.3 is 5.32 Å². The number of benzene rings is 2. The van der Waals surface area contributed by atoms with Gasteiger partial charge in [-0.05, 0) is 74.6 Å². The van der Waals surface area contributed by atoms with Crippen molar-refractivity contribution in [3.63, 3.8) is 0 Å². The van der Waals surface area contributed by atoms with Crippen molar-refractivity contribution in [2.24, 2.45) is 0 Å². The highest BCUT2D eigenvalue weighted by Crippen LogP contribution is 2.24. The minimum atomic E-state index is -0.116. The molecule has 6 nitrogen and oxygen atoms in total. The Morgan fingerprint density at radius 2 is 1.96 bits per heavy atom. The quantitative estimate of drug-likeness (QED) is 0.561. The third-order valence-electron chi connectivity index (χ3n) is 3.98. The zero-order chi connectivity index (χ0) is 19.4. The van der Waals surface area contributed by atoms with Gasteiger partial charge in [-0.2, -0.15) is 4.68 Å². The predicted molar refractivity (Wildman–Crippen MR) is 111 cm³/mol. The Bertz CT molecular complexity index is 940. The molecule has 0 spiro atoms. The number of aryl methyl sites for hydroxylation is 1. The van der Waals surface area contributed by atoms with Crippen molar-refractivity contribution < 1.29 is 4.79 Å². The Balaban J connectivity index is 1.65. The normalized spacial score (nSPS) is 11.0. The van der Waals surface area contributed by atoms with E-state index in [1.165, 1.54) is 17.3 Å². The molecule has 140 valence electrons. The van der Waals surface area contributed by atoms with Gasteiger partial charge in [-0.3, -0.25) is 4.79 Å². The van der Waals surface area contributed by atoms with E-state index in [0.717, 1.165) is 21.4 Å². The number of hydrogen-bond donors (Lipinski definition) is 1. The van der Waals surface area contributed by atoms with Gasteiger partial charge in [0.05, 0.1) is 17.1 Å². The first-order valence-electron chi connectivity index (χ1n) is 8.51. The molecule has 1 aromatic heterocycles. The highest BCUT2D eigenvalue weighted by Gasteiger charge is 2.13. The van der Waals surface area contributed by atoms with Gasteiger partial charge in [-0.25, -0.2) is 0 Å². The summed E-state index contributed by atoms with van der Waals surface area (Å²) in [5.74, 6) is 0.561. The fourth-order valence-corrected chi connectivity index (χ4v) is 3.75. The van der Waals surface area contributed by atoms with Crippen molar-refractivity contribution in [1.29, 1.82) is 0 Å². The molecule has 0 atom stereocenters. The van der Waals surface area contributed by atoms with E-state index >= 15 is 0 Å². The van der Waals surface area contributed by atoms with Gasteiger partial charge in [0.15, 0.2) is 0 Å². The van der Waals surface area contributed by atoms with Crippen LogP contribution in [0.15, 0.2) is 52.1 Å². The summed E-state index contributed by atoms with van der Waals surface area (Å²) in [6, 6.07) is 13.9. The topological polar surface area (TPSA) is 72.7 Å². The molecule has 1 amide bonds. The van der Waals surface area contributed by atoms with Gasteiger partial charge in [0, 0.05) is 4.47 Å². The minimum Gasteiger partial charge on any atom is -0.324 e. The van der Waals surface area contributed by atoms with Gasteiger partial charge in [0.1, 0.15) is 0 Å². The van der Waals surface area contributed by atoms with Crippen LogP contribution in [0.3, 0.4) is 0 Å². The van der Waals surface area contributed by atoms with E-state index in [-0.39, 0.29) is 11.7 Å². The second kappa shape index (κ2) is 8.67. The lowest BCUT2D eigenvalue weighted by Gasteiger charge is -2.09. The standard InChI is InChI=1S/C19H20BrN5OS/c1-12(2)14-5-7-15(8-6-14)25-19(22-23-24-25)27-11-18(26)21-17-9-4-13(3)10-16(17)20/h4-10,12H,11H2,1-3H3,(H,21,26). The van der Waals surface area contributed by atoms with Crippen LogP contribution in [0.5, 0.6) is 0 Å². The molecule has 0 fully saturated rings. The molecule has 1 N–H and O–H groups in total. The number of anilines is 1. The molecule has 0 radical (unpaired) electrons. The number of hydrogen-bond acceptors (Lipinski definition) is 5. The third kappa shape index (κ3) is 4.95. The fourth-order valence-electron chi connectivity index (χ4n) is 2.47. The summed E-state index contributed by atoms with van der Waals surface area (Å²) in [6.07, 6.45) is 0. The summed E-state index contributed by atoms with van der Waals surface area (Å²) in [6.45, 7) is 6.30. The molecule has 0 saturated heterocycles. The van der Waals surface area contributed by atoms with Crippen LogP contribution in [0.25, 0.3) is 5.69 Å². The lowest BCUT2D eigenvalue weighted by molar-refractivity contribution is -0.113. The highest BCUT2D eigenvalue weighted by molar-refractivity contribution is 9.10. The van der Waals surface area contributed by atoms with E-state index in [4.69, 9.17) is 0 Å². The SMILES string of the molecule is Cc1ccc(NC(=O)CSc2nnnn2-c2ccc(C(C)C)cc2)c(Br)c1. The van der Waals surface area contributed by atoms with Crippen LogP contribution in [0.1, 0.15) is 30.9 Å². The van der Waals surface area contributed by atoms with Gasteiger partial charge in [0.25, 0.3) is 0 Å². The van der Waals surface area contributed by atoms with Crippen LogP contribution in [0.2, 0.25) is 0 Å². The zero-order valence-electron chi connectivity index (χ0n) is 15.3. The summed E-state index contributed by atoms with van der Waals surface area (Å²) in [5.41, 5.74) is 3.99. The molecule has 3 aromatic rings. The van der Waals surface area contributed by atoms with Crippen LogP contribution in [-0.4, -0.2) is 31.9 Å². The molecule has 0 aliphatic carbocycles. The molecule has 3 rings (SSSR count). The molecule has 0 saturated carbocycles. The first-order valence-corrected chi connectivity index (χ1v) is 10.3. The molecule has 0 unspecified atom stereocenters. The number of carbonyl (C=O) groups is 1. The van der Waals surface area contributed by atoms with Gasteiger partial charge in [-0.1, -0.05) is 43.8 Å². The zero-order valence-corrected chi connectivity index (χ0v) is 17.7. The van der Waals surface area contributed by atoms with Crippen molar-refractivity contribution >= 4 is 39.3 Å². The first kappa shape index (κ1) is 19.6. The second-order valence-electron chi connectivity index (χ2n) is 6.44. The van der Waals surface area contributed by atoms with Crippen LogP contribution in [0.4, 0.5) is 5.69 Å². The number of amides is 1. The number of carbonyl (C=O) groups excluding carboxylic acids is 1. The molecule has 1 heterocycles. The molecular formula is C19H20BrN5OS. The molecule has 0 aliphatic heterocycles. The Labute approximate surface area is 170 Å². The Hall–Kier alpha value is -2.19. The monoisotopic (exact) mass is 445 g/mol. The molecule has 27 heavy (non-hydrogen) atoms. The number of nitrogens with one attached hydrogen (secondary N) is 1. The maximum absolute atomic E-state index is 12.3. The summed E-state index contributed by atoms with van der Waals surface area (Å²) < 4.78 is 2.50. The van der Waals surface area contributed by atoms with Crippen LogP contribution in [-0.2, 0) is 4.79 Å². The van der Waals surface area contributed by atoms with Crippen molar-refractivity contribution in [1.82, 2.24) is 20.2 Å². The number of aromatic nitrogens is 4. The molecule has 0 bridgehead atoms. The Morgan fingerprint density at radius 1 is 1.22 bits per heavy atom. The van der Waals surface area contributed by atoms with E-state index in [2.05, 4.69) is 62.8 Å². The van der Waals surface area contributed by atoms with E-state index in [1.807, 2.05) is 37.3 Å². The molecular weight excluding hydrogens is 426 g/mol. The van der Waals surface area contributed by atoms with E-state index < -0.39 is 0 Å². The number of rotatable bonds is 6. The number of nitrogens with zero attached hydrogens (tertiary/aromatic N) is 4. The third-order valence-corrected chi connectivity index (χ3v) is 5.55. The van der Waals surface area contributed by atoms with Crippen LogP contribution in [0, 0.1) is 6.92 Å². The first-order chi connectivity index (χ1) is 12.9. The minimum absolute atomic E-state index is 0.116. The second-order valence-corrected chi connectivity index (χ2v) is 8.24. The predicted octanol–water partition coefficient (Wildman–Crippen LogP) is 4.59. The van der Waals surface area contributed by atoms with Gasteiger partial charge >= 0.3 is 0 Å². The summed E-state index contributed by atoms with van der Waals surface area (Å²) in [5, 5.41) is 15.3. The average Bonchev–Trinajstić information content (AvgIpc) is 3.11. The van der Waals surface area contributed by atoms with E-state index in [9.17, 15) is 4.79 Å². The smallest absolute Gasteiger partial charge is 0.234 e. The molecule has 0 aliphatic rings. The van der Waals surface area contributed by atoms with Crippen molar-refractivity contribution in [2.45, 2.75) is 31.8 Å². The summed E-state index contributed by atoms with van der Waals surface area (Å²) in [4.78, 5) is 12.3. The van der Waals surface area contributed by atoms with Crippen molar-refractivity contribution in [3.05, 3.63) is 58.1 Å². The maximum Gasteiger partial charge on any atom is 0.234 e. The Morgan fingerprint density at radius 3 is 2.63 bits per heavy atom. The maximum atomic E-state index is 12.3. The van der Waals surface area contributed by atoms with E-state index in [0.29, 0.717) is 11.1 Å². The van der Waals surface area contributed by atoms with Crippen molar-refractivity contribution in [3.8, 4) is 5.69 Å². The van der Waals surface area contributed by atoms with Gasteiger partial charge in [-0.15, -0.1) is 5.10 Å². The highest BCUT2D eigenvalue weighted by atomic mass is 79.9. The molecule has 8 heteroatoms. The fraction of sp³-hybridized carbons (Fsp3) is 0.263. The number of tetrazole rings is 1. The van der Waals surface area contributed by atoms with Gasteiger partial charge in [0.2, 0.25) is 11.1 Å². The summed E-state index contributed by atoms with van der Waals surface area (Å²) >= 11 is 4.76. The Kier molecular flexibility index (Phi) is 6.28. The number of thioether (sulfide) groups is 1. The average molecular weight is 446 g/mol. The van der Waals surface area contributed by atoms with Crippen molar-refractivity contribution in [2.75, 3.05) is 11.1 Å². The molecule has 2 aromatic carbocycles. The van der Waals surface area contributed by atoms with Crippen LogP contribution < -0.4 is 5.32 Å². The van der Waals surface area contributed by atoms with E-state index in [1.54, 1.807) is 4.68 Å². The largest absolute Gasteiger partial charge is 0.324 e. The number of halogens is 1. The van der Waals surface area contributed by atoms with Crippen LogP contribution >= 0.6 is 27.7 Å². The summed E-state index contributed by atoms with van der Waals surface area (Å²) in [7, 11) is 0.